The van der Waals surface area contributed by atoms with Crippen LogP contribution in [0.3, 0.4) is 0 Å². The molecule has 4 aromatic rings. The molecule has 0 aliphatic heterocycles. The minimum absolute atomic E-state index is 0.00874. The number of fused-ring (bicyclic) bond motifs is 2. The Morgan fingerprint density at radius 3 is 2.85 bits per heavy atom. The number of hydrogen-bond acceptors (Lipinski definition) is 6. The molecule has 1 aromatic carbocycles. The van der Waals surface area contributed by atoms with Gasteiger partial charge < -0.3 is 10.6 Å². The number of alkyl halides is 2. The van der Waals surface area contributed by atoms with Gasteiger partial charge in [-0.15, -0.1) is 0 Å². The van der Waals surface area contributed by atoms with Gasteiger partial charge in [-0.2, -0.15) is 14.9 Å². The first-order chi connectivity index (χ1) is 16.4. The molecule has 1 fully saturated rings. The van der Waals surface area contributed by atoms with Gasteiger partial charge in [-0.05, 0) is 43.5 Å². The van der Waals surface area contributed by atoms with Crippen LogP contribution in [0.2, 0.25) is 5.02 Å². The first kappa shape index (κ1) is 22.0. The maximum Gasteiger partial charge on any atom is 0.283 e. The number of aromatic nitrogens is 4. The van der Waals surface area contributed by atoms with Gasteiger partial charge in [-0.1, -0.05) is 17.7 Å². The summed E-state index contributed by atoms with van der Waals surface area (Å²) in [6.45, 7) is 1.60. The summed E-state index contributed by atoms with van der Waals surface area (Å²) in [4.78, 5) is 21.2. The number of aryl methyl sites for hydroxylation is 1. The van der Waals surface area contributed by atoms with Crippen LogP contribution < -0.4 is 10.6 Å². The Kier molecular flexibility index (Phi) is 5.49. The molecule has 3 heterocycles. The van der Waals surface area contributed by atoms with Crippen molar-refractivity contribution in [1.29, 1.82) is 5.26 Å². The van der Waals surface area contributed by atoms with Gasteiger partial charge in [-0.25, -0.2) is 13.8 Å². The Labute approximate surface area is 197 Å². The molecule has 0 saturated heterocycles. The lowest BCUT2D eigenvalue weighted by atomic mass is 10.00. The highest BCUT2D eigenvalue weighted by molar-refractivity contribution is 6.31. The number of anilines is 1. The van der Waals surface area contributed by atoms with E-state index in [0.717, 1.165) is 18.2 Å². The van der Waals surface area contributed by atoms with Crippen LogP contribution >= 0.6 is 11.6 Å². The molecule has 172 valence electrons. The second kappa shape index (κ2) is 8.50. The van der Waals surface area contributed by atoms with Crippen molar-refractivity contribution in [3.05, 3.63) is 52.4 Å². The van der Waals surface area contributed by atoms with Crippen LogP contribution in [0.1, 0.15) is 36.2 Å². The molecule has 11 heteroatoms. The topological polar surface area (TPSA) is 108 Å². The Morgan fingerprint density at radius 2 is 2.15 bits per heavy atom. The second-order valence-electron chi connectivity index (χ2n) is 8.04. The average molecular weight is 482 g/mol. The van der Waals surface area contributed by atoms with E-state index in [4.69, 9.17) is 11.6 Å². The number of amides is 1. The molecule has 8 nitrogen and oxygen atoms in total. The van der Waals surface area contributed by atoms with Crippen LogP contribution in [0.25, 0.3) is 27.7 Å². The lowest BCUT2D eigenvalue weighted by molar-refractivity contribution is -0.119. The van der Waals surface area contributed by atoms with E-state index in [-0.39, 0.29) is 35.5 Å². The zero-order chi connectivity index (χ0) is 24.0. The highest BCUT2D eigenvalue weighted by Crippen LogP contribution is 2.37. The zero-order valence-corrected chi connectivity index (χ0v) is 18.7. The molecular formula is C23H18ClF2N7O. The van der Waals surface area contributed by atoms with Crippen LogP contribution in [0.4, 0.5) is 14.6 Å². The lowest BCUT2D eigenvalue weighted by Gasteiger charge is -2.17. The molecule has 3 aromatic heterocycles. The number of carbonyl (C=O) groups is 1. The van der Waals surface area contributed by atoms with Crippen LogP contribution in [-0.4, -0.2) is 38.1 Å². The normalized spacial score (nSPS) is 13.4. The summed E-state index contributed by atoms with van der Waals surface area (Å²) in [6, 6.07) is 8.98. The number of pyridine rings is 1. The molecule has 0 spiro atoms. The van der Waals surface area contributed by atoms with E-state index in [0.29, 0.717) is 27.4 Å². The van der Waals surface area contributed by atoms with Gasteiger partial charge in [0.15, 0.2) is 5.65 Å². The lowest BCUT2D eigenvalue weighted by Crippen LogP contribution is -2.32. The third-order valence-electron chi connectivity index (χ3n) is 5.62. The van der Waals surface area contributed by atoms with Crippen molar-refractivity contribution in [2.75, 3.05) is 11.9 Å². The number of nitrogens with one attached hydrogen (secondary N) is 2. The summed E-state index contributed by atoms with van der Waals surface area (Å²) in [6.07, 6.45) is 0.512. The molecule has 34 heavy (non-hydrogen) atoms. The highest BCUT2D eigenvalue weighted by atomic mass is 35.5. The van der Waals surface area contributed by atoms with Gasteiger partial charge in [0.25, 0.3) is 6.43 Å². The van der Waals surface area contributed by atoms with Crippen molar-refractivity contribution in [3.63, 3.8) is 0 Å². The molecular weight excluding hydrogens is 464 g/mol. The molecule has 5 rings (SSSR count). The van der Waals surface area contributed by atoms with Crippen molar-refractivity contribution < 1.29 is 13.6 Å². The van der Waals surface area contributed by atoms with Crippen molar-refractivity contribution in [1.82, 2.24) is 24.9 Å². The number of carbonyl (C=O) groups excluding carboxylic acids is 1. The van der Waals surface area contributed by atoms with Crippen LogP contribution in [0, 0.1) is 18.3 Å². The fourth-order valence-electron chi connectivity index (χ4n) is 3.93. The van der Waals surface area contributed by atoms with E-state index in [9.17, 15) is 18.8 Å². The SMILES string of the molecule is Cc1nc2c(C#N)c(C(F)F)nn2c(NCC(=O)NC2CC2)c1-c1ccnc2cc(Cl)ccc12. The molecule has 1 amide bonds. The van der Waals surface area contributed by atoms with Gasteiger partial charge in [-0.3, -0.25) is 9.78 Å². The van der Waals surface area contributed by atoms with E-state index in [1.807, 2.05) is 6.07 Å². The van der Waals surface area contributed by atoms with Gasteiger partial charge >= 0.3 is 0 Å². The Morgan fingerprint density at radius 1 is 1.35 bits per heavy atom. The summed E-state index contributed by atoms with van der Waals surface area (Å²) >= 11 is 6.13. The molecule has 0 bridgehead atoms. The van der Waals surface area contributed by atoms with Crippen molar-refractivity contribution in [2.24, 2.45) is 0 Å². The van der Waals surface area contributed by atoms with E-state index in [1.165, 1.54) is 4.52 Å². The number of nitrogens with zero attached hydrogens (tertiary/aromatic N) is 5. The third-order valence-corrected chi connectivity index (χ3v) is 5.86. The fourth-order valence-corrected chi connectivity index (χ4v) is 4.10. The Balaban J connectivity index is 1.74. The maximum atomic E-state index is 13.7. The zero-order valence-electron chi connectivity index (χ0n) is 17.9. The largest absolute Gasteiger partial charge is 0.360 e. The van der Waals surface area contributed by atoms with Crippen molar-refractivity contribution in [3.8, 4) is 17.2 Å². The maximum absolute atomic E-state index is 13.7. The molecule has 1 saturated carbocycles. The molecule has 1 aliphatic carbocycles. The van der Waals surface area contributed by atoms with E-state index < -0.39 is 12.1 Å². The number of rotatable bonds is 6. The summed E-state index contributed by atoms with van der Waals surface area (Å²) < 4.78 is 28.5. The Bertz CT molecular complexity index is 1490. The summed E-state index contributed by atoms with van der Waals surface area (Å²) in [5.41, 5.74) is 1.38. The number of halogens is 3. The number of nitriles is 1. The molecule has 2 N–H and O–H groups in total. The van der Waals surface area contributed by atoms with E-state index in [2.05, 4.69) is 25.7 Å². The van der Waals surface area contributed by atoms with E-state index in [1.54, 1.807) is 37.4 Å². The standard InChI is InChI=1S/C23H18ClF2N7O/c1-11-19(15-6-7-28-17-8-12(24)2-5-14(15)17)23(29-10-18(34)31-13-3-4-13)33-22(30-11)16(9-27)20(32-33)21(25)26/h2,5-8,13,21,29H,3-4,10H2,1H3,(H,31,34). The molecule has 1 aliphatic rings. The summed E-state index contributed by atoms with van der Waals surface area (Å²) in [5, 5.41) is 20.7. The molecule has 0 atom stereocenters. The van der Waals surface area contributed by atoms with Crippen LogP contribution in [0.15, 0.2) is 30.5 Å². The van der Waals surface area contributed by atoms with Crippen molar-refractivity contribution >= 4 is 39.9 Å². The monoisotopic (exact) mass is 481 g/mol. The van der Waals surface area contributed by atoms with Gasteiger partial charge in [0.1, 0.15) is 23.1 Å². The smallest absolute Gasteiger partial charge is 0.283 e. The third kappa shape index (κ3) is 3.88. The predicted octanol–water partition coefficient (Wildman–Crippen LogP) is 4.41. The highest BCUT2D eigenvalue weighted by Gasteiger charge is 2.27. The minimum Gasteiger partial charge on any atom is -0.360 e. The van der Waals surface area contributed by atoms with Crippen molar-refractivity contribution in [2.45, 2.75) is 32.2 Å². The summed E-state index contributed by atoms with van der Waals surface area (Å²) in [5.74, 6) is 0.0449. The first-order valence-electron chi connectivity index (χ1n) is 10.6. The number of hydrogen-bond donors (Lipinski definition) is 2. The minimum atomic E-state index is -2.96. The van der Waals surface area contributed by atoms with Crippen LogP contribution in [0.5, 0.6) is 0 Å². The second-order valence-corrected chi connectivity index (χ2v) is 8.48. The van der Waals surface area contributed by atoms with Crippen LogP contribution in [-0.2, 0) is 4.79 Å². The first-order valence-corrected chi connectivity index (χ1v) is 10.9. The number of benzene rings is 1. The van der Waals surface area contributed by atoms with E-state index >= 15 is 0 Å². The Hall–Kier alpha value is -3.84. The fraction of sp³-hybridized carbons (Fsp3) is 0.261. The molecule has 0 unspecified atom stereocenters. The van der Waals surface area contributed by atoms with Gasteiger partial charge in [0.2, 0.25) is 5.91 Å². The van der Waals surface area contributed by atoms with Gasteiger partial charge in [0.05, 0.1) is 17.8 Å². The van der Waals surface area contributed by atoms with Gasteiger partial charge in [0, 0.05) is 28.2 Å². The average Bonchev–Trinajstić information content (AvgIpc) is 3.53. The quantitative estimate of drug-likeness (QED) is 0.422. The summed E-state index contributed by atoms with van der Waals surface area (Å²) in [7, 11) is 0. The predicted molar refractivity (Wildman–Crippen MR) is 123 cm³/mol. The molecule has 0 radical (unpaired) electrons.